The summed E-state index contributed by atoms with van der Waals surface area (Å²) in [6.45, 7) is 3.83. The maximum Gasteiger partial charge on any atom is 0.313 e. The normalized spacial score (nSPS) is 23.8. The van der Waals surface area contributed by atoms with Gasteiger partial charge >= 0.3 is 5.24 Å². The van der Waals surface area contributed by atoms with Crippen LogP contribution in [0.15, 0.2) is 30.3 Å². The van der Waals surface area contributed by atoms with E-state index in [9.17, 15) is 9.59 Å². The number of carbonyl (C=O) groups is 2. The number of amides is 2. The van der Waals surface area contributed by atoms with E-state index in [4.69, 9.17) is 4.84 Å². The van der Waals surface area contributed by atoms with Gasteiger partial charge in [0.15, 0.2) is 0 Å². The summed E-state index contributed by atoms with van der Waals surface area (Å²) < 4.78 is -0.770. The Morgan fingerprint density at radius 3 is 2.56 bits per heavy atom. The first kappa shape index (κ1) is 13.1. The van der Waals surface area contributed by atoms with Gasteiger partial charge in [0, 0.05) is 0 Å². The van der Waals surface area contributed by atoms with Gasteiger partial charge in [-0.3, -0.25) is 14.4 Å². The first-order valence-electron chi connectivity index (χ1n) is 5.81. The first-order valence-corrected chi connectivity index (χ1v) is 6.63. The fourth-order valence-electron chi connectivity index (χ4n) is 1.91. The molecule has 5 heteroatoms. The van der Waals surface area contributed by atoms with E-state index in [1.165, 1.54) is 0 Å². The van der Waals surface area contributed by atoms with Gasteiger partial charge < -0.3 is 0 Å². The standard InChI is InChI=1S/C13H15NO3S/c1-3-17-14-11(15)13(2,18-12(14)16)9-10-7-5-4-6-8-10/h4-8H,3,9H2,1-2H3. The van der Waals surface area contributed by atoms with Crippen LogP contribution in [-0.4, -0.2) is 27.6 Å². The minimum atomic E-state index is -0.770. The minimum Gasteiger partial charge on any atom is -0.270 e. The average Bonchev–Trinajstić information content (AvgIpc) is 2.54. The van der Waals surface area contributed by atoms with Crippen molar-refractivity contribution in [3.8, 4) is 0 Å². The van der Waals surface area contributed by atoms with E-state index >= 15 is 0 Å². The predicted octanol–water partition coefficient (Wildman–Crippen LogP) is 2.63. The van der Waals surface area contributed by atoms with Crippen molar-refractivity contribution >= 4 is 22.9 Å². The maximum absolute atomic E-state index is 12.2. The lowest BCUT2D eigenvalue weighted by atomic mass is 9.99. The molecule has 1 heterocycles. The highest BCUT2D eigenvalue weighted by Gasteiger charge is 2.50. The Balaban J connectivity index is 2.17. The van der Waals surface area contributed by atoms with Gasteiger partial charge in [-0.05, 0) is 37.6 Å². The van der Waals surface area contributed by atoms with Crippen molar-refractivity contribution < 1.29 is 14.4 Å². The van der Waals surface area contributed by atoms with E-state index in [-0.39, 0.29) is 11.1 Å². The van der Waals surface area contributed by atoms with Crippen LogP contribution in [0.25, 0.3) is 0 Å². The fourth-order valence-corrected chi connectivity index (χ4v) is 2.93. The van der Waals surface area contributed by atoms with Crippen molar-refractivity contribution in [2.75, 3.05) is 6.61 Å². The zero-order valence-electron chi connectivity index (χ0n) is 10.4. The van der Waals surface area contributed by atoms with Gasteiger partial charge in [-0.25, -0.2) is 0 Å². The van der Waals surface area contributed by atoms with Crippen LogP contribution < -0.4 is 0 Å². The average molecular weight is 265 g/mol. The molecule has 4 nitrogen and oxygen atoms in total. The molecule has 1 aromatic carbocycles. The van der Waals surface area contributed by atoms with E-state index in [0.29, 0.717) is 13.0 Å². The Morgan fingerprint density at radius 2 is 1.94 bits per heavy atom. The number of hydroxylamine groups is 2. The molecular weight excluding hydrogens is 250 g/mol. The second-order valence-corrected chi connectivity index (χ2v) is 5.73. The second kappa shape index (κ2) is 5.12. The van der Waals surface area contributed by atoms with E-state index in [0.717, 1.165) is 22.4 Å². The summed E-state index contributed by atoms with van der Waals surface area (Å²) in [6.07, 6.45) is 0.520. The number of rotatable bonds is 4. The number of carbonyl (C=O) groups excluding carboxylic acids is 2. The van der Waals surface area contributed by atoms with Crippen molar-refractivity contribution in [2.45, 2.75) is 25.0 Å². The fraction of sp³-hybridized carbons (Fsp3) is 0.385. The molecule has 1 aromatic rings. The van der Waals surface area contributed by atoms with Crippen molar-refractivity contribution in [1.29, 1.82) is 0 Å². The highest BCUT2D eigenvalue weighted by atomic mass is 32.2. The molecule has 96 valence electrons. The van der Waals surface area contributed by atoms with Crippen molar-refractivity contribution in [1.82, 2.24) is 5.06 Å². The molecule has 1 aliphatic rings. The lowest BCUT2D eigenvalue weighted by Gasteiger charge is -2.20. The molecule has 2 amide bonds. The van der Waals surface area contributed by atoms with Gasteiger partial charge in [-0.15, -0.1) is 5.06 Å². The van der Waals surface area contributed by atoms with Crippen molar-refractivity contribution in [3.05, 3.63) is 35.9 Å². The SMILES string of the molecule is CCON1C(=O)SC(C)(Cc2ccccc2)C1=O. The molecule has 2 rings (SSSR count). The Hall–Kier alpha value is -1.33. The molecule has 18 heavy (non-hydrogen) atoms. The van der Waals surface area contributed by atoms with Crippen LogP contribution in [0.4, 0.5) is 4.79 Å². The minimum absolute atomic E-state index is 0.275. The molecule has 0 saturated carbocycles. The predicted molar refractivity (Wildman–Crippen MR) is 70.0 cm³/mol. The molecule has 1 unspecified atom stereocenters. The van der Waals surface area contributed by atoms with E-state index in [1.54, 1.807) is 13.8 Å². The summed E-state index contributed by atoms with van der Waals surface area (Å²) in [6, 6.07) is 9.67. The Morgan fingerprint density at radius 1 is 1.28 bits per heavy atom. The monoisotopic (exact) mass is 265 g/mol. The summed E-state index contributed by atoms with van der Waals surface area (Å²) in [4.78, 5) is 29.0. The van der Waals surface area contributed by atoms with Crippen LogP contribution in [0.5, 0.6) is 0 Å². The molecule has 1 atom stereocenters. The quantitative estimate of drug-likeness (QED) is 0.839. The molecule has 0 aromatic heterocycles. The number of thioether (sulfide) groups is 1. The summed E-state index contributed by atoms with van der Waals surface area (Å²) in [7, 11) is 0. The van der Waals surface area contributed by atoms with Gasteiger partial charge in [0.05, 0.1) is 6.61 Å². The third kappa shape index (κ3) is 2.42. The summed E-state index contributed by atoms with van der Waals surface area (Å²) in [5, 5.41) is 0.549. The number of hydrogen-bond acceptors (Lipinski definition) is 4. The zero-order chi connectivity index (χ0) is 13.2. The van der Waals surface area contributed by atoms with E-state index < -0.39 is 4.75 Å². The largest absolute Gasteiger partial charge is 0.313 e. The van der Waals surface area contributed by atoms with Crippen LogP contribution in [0.1, 0.15) is 19.4 Å². The highest BCUT2D eigenvalue weighted by Crippen LogP contribution is 2.39. The van der Waals surface area contributed by atoms with Gasteiger partial charge in [-0.2, -0.15) is 0 Å². The molecule has 0 bridgehead atoms. The number of hydrogen-bond donors (Lipinski definition) is 0. The van der Waals surface area contributed by atoms with Crippen LogP contribution in [-0.2, 0) is 16.1 Å². The molecule has 1 fully saturated rings. The van der Waals surface area contributed by atoms with Crippen molar-refractivity contribution in [2.24, 2.45) is 0 Å². The van der Waals surface area contributed by atoms with Crippen LogP contribution >= 0.6 is 11.8 Å². The third-order valence-corrected chi connectivity index (χ3v) is 3.87. The van der Waals surface area contributed by atoms with Gasteiger partial charge in [0.25, 0.3) is 5.91 Å². The first-order chi connectivity index (χ1) is 8.57. The summed E-state index contributed by atoms with van der Waals surface area (Å²) >= 11 is 1.03. The summed E-state index contributed by atoms with van der Waals surface area (Å²) in [5.41, 5.74) is 1.03. The third-order valence-electron chi connectivity index (χ3n) is 2.76. The van der Waals surface area contributed by atoms with Gasteiger partial charge in [0.1, 0.15) is 4.75 Å². The molecule has 0 radical (unpaired) electrons. The van der Waals surface area contributed by atoms with Crippen molar-refractivity contribution in [3.63, 3.8) is 0 Å². The number of benzene rings is 1. The van der Waals surface area contributed by atoms with Gasteiger partial charge in [0.2, 0.25) is 0 Å². The number of imide groups is 1. The Bertz CT molecular complexity index is 463. The second-order valence-electron chi connectivity index (χ2n) is 4.28. The molecule has 1 saturated heterocycles. The van der Waals surface area contributed by atoms with Crippen LogP contribution in [0.3, 0.4) is 0 Å². The lowest BCUT2D eigenvalue weighted by Crippen LogP contribution is -2.39. The Kier molecular flexibility index (Phi) is 3.73. The van der Waals surface area contributed by atoms with E-state index in [2.05, 4.69) is 0 Å². The number of nitrogens with zero attached hydrogens (tertiary/aromatic N) is 1. The molecule has 0 aliphatic carbocycles. The lowest BCUT2D eigenvalue weighted by molar-refractivity contribution is -0.164. The topological polar surface area (TPSA) is 46.6 Å². The smallest absolute Gasteiger partial charge is 0.270 e. The van der Waals surface area contributed by atoms with Crippen LogP contribution in [0.2, 0.25) is 0 Å². The zero-order valence-corrected chi connectivity index (χ0v) is 11.2. The van der Waals surface area contributed by atoms with Crippen LogP contribution in [0, 0.1) is 0 Å². The molecular formula is C13H15NO3S. The maximum atomic E-state index is 12.2. The molecule has 0 spiro atoms. The molecule has 0 N–H and O–H groups in total. The van der Waals surface area contributed by atoms with E-state index in [1.807, 2.05) is 30.3 Å². The van der Waals surface area contributed by atoms with Gasteiger partial charge in [-0.1, -0.05) is 30.3 Å². The Labute approximate surface area is 110 Å². The summed E-state index contributed by atoms with van der Waals surface area (Å²) in [5.74, 6) is -0.275. The highest BCUT2D eigenvalue weighted by molar-refractivity contribution is 8.16. The molecule has 1 aliphatic heterocycles.